The number of hydrogen-bond acceptors (Lipinski definition) is 4. The van der Waals surface area contributed by atoms with Gasteiger partial charge in [0.25, 0.3) is 0 Å². The summed E-state index contributed by atoms with van der Waals surface area (Å²) in [7, 11) is 0. The summed E-state index contributed by atoms with van der Waals surface area (Å²) >= 11 is 1.48. The molecule has 4 nitrogen and oxygen atoms in total. The molecule has 0 saturated carbocycles. The molecule has 0 radical (unpaired) electrons. The van der Waals surface area contributed by atoms with Crippen molar-refractivity contribution in [2.45, 2.75) is 32.2 Å². The molecular formula is C15H18FN3OS. The predicted molar refractivity (Wildman–Crippen MR) is 82.8 cm³/mol. The molecule has 3 N–H and O–H groups in total. The first-order chi connectivity index (χ1) is 9.77. The Morgan fingerprint density at radius 2 is 2.14 bits per heavy atom. The molecule has 0 bridgehead atoms. The maximum atomic E-state index is 13.2. The lowest BCUT2D eigenvalue weighted by atomic mass is 9.98. The second kappa shape index (κ2) is 5.81. The molecule has 1 aromatic heterocycles. The van der Waals surface area contributed by atoms with Gasteiger partial charge < -0.3 is 11.1 Å². The Kier molecular flexibility index (Phi) is 4.27. The normalized spacial score (nSPS) is 13.0. The number of amides is 1. The SMILES string of the molecule is CC(C)(C)c1nc(C(Nc2cccc(F)c2)C(N)=O)cs1. The van der Waals surface area contributed by atoms with Crippen molar-refractivity contribution in [1.29, 1.82) is 0 Å². The number of nitrogens with zero attached hydrogens (tertiary/aromatic N) is 1. The fraction of sp³-hybridized carbons (Fsp3) is 0.333. The lowest BCUT2D eigenvalue weighted by molar-refractivity contribution is -0.118. The van der Waals surface area contributed by atoms with Gasteiger partial charge in [0.15, 0.2) is 0 Å². The third-order valence-corrected chi connectivity index (χ3v) is 4.17. The number of halogens is 1. The third-order valence-electron chi connectivity index (χ3n) is 2.88. The summed E-state index contributed by atoms with van der Waals surface area (Å²) in [5.74, 6) is -0.929. The number of hydrogen-bond donors (Lipinski definition) is 2. The van der Waals surface area contributed by atoms with E-state index in [2.05, 4.69) is 31.1 Å². The Bertz CT molecular complexity index is 648. The zero-order chi connectivity index (χ0) is 15.6. The Balaban J connectivity index is 2.27. The van der Waals surface area contributed by atoms with Crippen LogP contribution in [0.2, 0.25) is 0 Å². The maximum absolute atomic E-state index is 13.2. The lowest BCUT2D eigenvalue weighted by Gasteiger charge is -2.16. The van der Waals surface area contributed by atoms with Gasteiger partial charge in [-0.1, -0.05) is 26.8 Å². The van der Waals surface area contributed by atoms with Crippen LogP contribution in [0.4, 0.5) is 10.1 Å². The maximum Gasteiger partial charge on any atom is 0.246 e. The van der Waals surface area contributed by atoms with Crippen LogP contribution in [0.1, 0.15) is 37.5 Å². The molecule has 6 heteroatoms. The molecule has 2 rings (SSSR count). The molecule has 1 aromatic carbocycles. The molecule has 1 heterocycles. The summed E-state index contributed by atoms with van der Waals surface area (Å²) in [6.45, 7) is 6.15. The van der Waals surface area contributed by atoms with Crippen LogP contribution in [0.5, 0.6) is 0 Å². The minimum absolute atomic E-state index is 0.0933. The van der Waals surface area contributed by atoms with E-state index in [1.54, 1.807) is 12.1 Å². The molecule has 0 aliphatic rings. The molecule has 21 heavy (non-hydrogen) atoms. The molecule has 1 unspecified atom stereocenters. The molecule has 0 aliphatic heterocycles. The number of rotatable bonds is 4. The number of nitrogens with two attached hydrogens (primary N) is 1. The summed E-state index contributed by atoms with van der Waals surface area (Å²) in [5.41, 5.74) is 6.40. The number of carbonyl (C=O) groups is 1. The number of benzene rings is 1. The van der Waals surface area contributed by atoms with Crippen molar-refractivity contribution in [3.05, 3.63) is 46.2 Å². The summed E-state index contributed by atoms with van der Waals surface area (Å²) in [4.78, 5) is 16.2. The number of aromatic nitrogens is 1. The first-order valence-electron chi connectivity index (χ1n) is 6.54. The Morgan fingerprint density at radius 1 is 1.43 bits per heavy atom. The topological polar surface area (TPSA) is 68.0 Å². The third kappa shape index (κ3) is 3.78. The molecule has 1 amide bonds. The van der Waals surface area contributed by atoms with Crippen LogP contribution >= 0.6 is 11.3 Å². The first kappa shape index (κ1) is 15.4. The number of thiazole rings is 1. The minimum Gasteiger partial charge on any atom is -0.369 e. The average Bonchev–Trinajstić information content (AvgIpc) is 2.84. The van der Waals surface area contributed by atoms with E-state index in [4.69, 9.17) is 5.73 Å². The minimum atomic E-state index is -0.779. The summed E-state index contributed by atoms with van der Waals surface area (Å²) in [6.07, 6.45) is 0. The van der Waals surface area contributed by atoms with Gasteiger partial charge >= 0.3 is 0 Å². The van der Waals surface area contributed by atoms with E-state index in [1.807, 2.05) is 5.38 Å². The van der Waals surface area contributed by atoms with E-state index in [1.165, 1.54) is 23.5 Å². The summed E-state index contributed by atoms with van der Waals surface area (Å²) in [5, 5.41) is 5.66. The van der Waals surface area contributed by atoms with E-state index < -0.39 is 11.9 Å². The van der Waals surface area contributed by atoms with Crippen molar-refractivity contribution in [3.63, 3.8) is 0 Å². The van der Waals surface area contributed by atoms with Crippen molar-refractivity contribution in [2.24, 2.45) is 5.73 Å². The van der Waals surface area contributed by atoms with E-state index in [0.717, 1.165) is 5.01 Å². The molecule has 1 atom stereocenters. The molecule has 0 saturated heterocycles. The zero-order valence-electron chi connectivity index (χ0n) is 12.2. The summed E-state index contributed by atoms with van der Waals surface area (Å²) < 4.78 is 13.2. The number of anilines is 1. The average molecular weight is 307 g/mol. The van der Waals surface area contributed by atoms with Crippen LogP contribution in [0.3, 0.4) is 0 Å². The highest BCUT2D eigenvalue weighted by molar-refractivity contribution is 7.09. The number of nitrogens with one attached hydrogen (secondary N) is 1. The van der Waals surface area contributed by atoms with E-state index in [9.17, 15) is 9.18 Å². The standard InChI is InChI=1S/C15H18FN3OS/c1-15(2,3)14-19-11(8-21-14)12(13(17)20)18-10-6-4-5-9(16)7-10/h4-8,12,18H,1-3H3,(H2,17,20). The van der Waals surface area contributed by atoms with Crippen LogP contribution in [0, 0.1) is 5.82 Å². The van der Waals surface area contributed by atoms with E-state index in [-0.39, 0.29) is 11.2 Å². The van der Waals surface area contributed by atoms with E-state index in [0.29, 0.717) is 11.4 Å². The van der Waals surface area contributed by atoms with Crippen LogP contribution in [0.15, 0.2) is 29.6 Å². The van der Waals surface area contributed by atoms with Gasteiger partial charge in [-0.25, -0.2) is 9.37 Å². The molecule has 0 fully saturated rings. The van der Waals surface area contributed by atoms with Gasteiger partial charge in [-0.2, -0.15) is 0 Å². The predicted octanol–water partition coefficient (Wildman–Crippen LogP) is 3.22. The van der Waals surface area contributed by atoms with E-state index >= 15 is 0 Å². The second-order valence-corrected chi connectivity index (χ2v) is 6.68. The highest BCUT2D eigenvalue weighted by Gasteiger charge is 2.24. The fourth-order valence-corrected chi connectivity index (χ4v) is 2.73. The quantitative estimate of drug-likeness (QED) is 0.911. The van der Waals surface area contributed by atoms with Gasteiger partial charge in [-0.15, -0.1) is 11.3 Å². The smallest absolute Gasteiger partial charge is 0.246 e. The van der Waals surface area contributed by atoms with Gasteiger partial charge in [-0.3, -0.25) is 4.79 Å². The van der Waals surface area contributed by atoms with Crippen molar-refractivity contribution < 1.29 is 9.18 Å². The Morgan fingerprint density at radius 3 is 2.67 bits per heavy atom. The highest BCUT2D eigenvalue weighted by Crippen LogP contribution is 2.29. The first-order valence-corrected chi connectivity index (χ1v) is 7.42. The van der Waals surface area contributed by atoms with Crippen molar-refractivity contribution in [2.75, 3.05) is 5.32 Å². The molecule has 0 aliphatic carbocycles. The van der Waals surface area contributed by atoms with Crippen molar-refractivity contribution in [1.82, 2.24) is 4.98 Å². The van der Waals surface area contributed by atoms with Crippen LogP contribution in [0.25, 0.3) is 0 Å². The van der Waals surface area contributed by atoms with Gasteiger partial charge in [0.2, 0.25) is 5.91 Å². The highest BCUT2D eigenvalue weighted by atomic mass is 32.1. The van der Waals surface area contributed by atoms with Crippen molar-refractivity contribution >= 4 is 22.9 Å². The molecular weight excluding hydrogens is 289 g/mol. The monoisotopic (exact) mass is 307 g/mol. The molecule has 112 valence electrons. The van der Waals surface area contributed by atoms with Gasteiger partial charge in [0.05, 0.1) is 10.7 Å². The molecule has 2 aromatic rings. The lowest BCUT2D eigenvalue weighted by Crippen LogP contribution is -2.28. The van der Waals surface area contributed by atoms with Crippen LogP contribution < -0.4 is 11.1 Å². The van der Waals surface area contributed by atoms with Crippen LogP contribution in [-0.2, 0) is 10.2 Å². The Hall–Kier alpha value is -1.95. The van der Waals surface area contributed by atoms with Gasteiger partial charge in [0.1, 0.15) is 11.9 Å². The van der Waals surface area contributed by atoms with Crippen molar-refractivity contribution in [3.8, 4) is 0 Å². The summed E-state index contributed by atoms with van der Waals surface area (Å²) in [6, 6.07) is 5.12. The van der Waals surface area contributed by atoms with Gasteiger partial charge in [0, 0.05) is 16.5 Å². The van der Waals surface area contributed by atoms with Gasteiger partial charge in [-0.05, 0) is 18.2 Å². The molecule has 0 spiro atoms. The number of carbonyl (C=O) groups excluding carboxylic acids is 1. The largest absolute Gasteiger partial charge is 0.369 e. The fourth-order valence-electron chi connectivity index (χ4n) is 1.80. The zero-order valence-corrected chi connectivity index (χ0v) is 13.0. The van der Waals surface area contributed by atoms with Crippen LogP contribution in [-0.4, -0.2) is 10.9 Å². The Labute approximate surface area is 127 Å². The number of primary amides is 1. The second-order valence-electron chi connectivity index (χ2n) is 5.82.